The average molecular weight is 420 g/mol. The molecular weight excluding hydrogens is 409 g/mol. The van der Waals surface area contributed by atoms with Gasteiger partial charge in [-0.1, -0.05) is 27.5 Å². The first-order valence-electron chi connectivity index (χ1n) is 5.60. The van der Waals surface area contributed by atoms with E-state index in [1.54, 1.807) is 37.4 Å². The molecule has 3 nitrogen and oxygen atoms in total. The lowest BCUT2D eigenvalue weighted by Gasteiger charge is -2.09. The first-order valence-corrected chi connectivity index (χ1v) is 7.57. The van der Waals surface area contributed by atoms with Gasteiger partial charge in [-0.05, 0) is 46.3 Å². The van der Waals surface area contributed by atoms with Crippen LogP contribution in [0.5, 0.6) is 5.75 Å². The Morgan fingerprint density at radius 3 is 2.65 bits per heavy atom. The first kappa shape index (κ1) is 15.4. The van der Waals surface area contributed by atoms with Gasteiger partial charge >= 0.3 is 0 Å². The number of carbonyl (C=O) groups is 1. The minimum absolute atomic E-state index is 0.250. The van der Waals surface area contributed by atoms with Crippen molar-refractivity contribution in [1.29, 1.82) is 0 Å². The van der Waals surface area contributed by atoms with E-state index in [4.69, 9.17) is 16.3 Å². The van der Waals surface area contributed by atoms with E-state index in [0.29, 0.717) is 26.5 Å². The van der Waals surface area contributed by atoms with Crippen molar-refractivity contribution in [3.8, 4) is 5.75 Å². The standard InChI is InChI=1S/C14H10Br2ClNO2/c1-20-11-5-8(15)4-10(7-11)18-14(19)12-6-9(17)2-3-13(12)16/h2-7H,1H3,(H,18,19). The third-order valence-electron chi connectivity index (χ3n) is 2.54. The maximum absolute atomic E-state index is 12.2. The van der Waals surface area contributed by atoms with Crippen molar-refractivity contribution >= 4 is 55.1 Å². The van der Waals surface area contributed by atoms with E-state index in [-0.39, 0.29) is 5.91 Å². The van der Waals surface area contributed by atoms with Crippen molar-refractivity contribution in [2.45, 2.75) is 0 Å². The first-order chi connectivity index (χ1) is 9.49. The van der Waals surface area contributed by atoms with E-state index in [1.807, 2.05) is 6.07 Å². The molecule has 0 atom stereocenters. The molecule has 20 heavy (non-hydrogen) atoms. The topological polar surface area (TPSA) is 38.3 Å². The minimum Gasteiger partial charge on any atom is -0.497 e. The van der Waals surface area contributed by atoms with Crippen LogP contribution in [0, 0.1) is 0 Å². The summed E-state index contributed by atoms with van der Waals surface area (Å²) in [7, 11) is 1.57. The molecular formula is C14H10Br2ClNO2. The van der Waals surface area contributed by atoms with Crippen LogP contribution in [-0.4, -0.2) is 13.0 Å². The molecule has 0 saturated carbocycles. The number of rotatable bonds is 3. The van der Waals surface area contributed by atoms with Crippen LogP contribution < -0.4 is 10.1 Å². The third-order valence-corrected chi connectivity index (χ3v) is 3.92. The molecule has 0 aromatic heterocycles. The summed E-state index contributed by atoms with van der Waals surface area (Å²) in [5.74, 6) is 0.402. The molecule has 2 rings (SSSR count). The molecule has 6 heteroatoms. The number of amides is 1. The zero-order valence-electron chi connectivity index (χ0n) is 10.4. The molecule has 0 spiro atoms. The fourth-order valence-corrected chi connectivity index (χ4v) is 2.69. The number of methoxy groups -OCH3 is 1. The van der Waals surface area contributed by atoms with Crippen molar-refractivity contribution in [3.05, 3.63) is 55.9 Å². The second kappa shape index (κ2) is 6.61. The fourth-order valence-electron chi connectivity index (χ4n) is 1.62. The maximum atomic E-state index is 12.2. The number of nitrogens with one attached hydrogen (secondary N) is 1. The van der Waals surface area contributed by atoms with Gasteiger partial charge in [0.15, 0.2) is 0 Å². The third kappa shape index (κ3) is 3.75. The van der Waals surface area contributed by atoms with Gasteiger partial charge in [0, 0.05) is 25.7 Å². The molecule has 0 aliphatic heterocycles. The van der Waals surface area contributed by atoms with Crippen molar-refractivity contribution in [3.63, 3.8) is 0 Å². The Bertz CT molecular complexity index is 662. The molecule has 1 amide bonds. The Balaban J connectivity index is 2.27. The molecule has 0 saturated heterocycles. The Labute approximate surface area is 138 Å². The van der Waals surface area contributed by atoms with Gasteiger partial charge in [-0.25, -0.2) is 0 Å². The predicted molar refractivity (Wildman–Crippen MR) is 87.8 cm³/mol. The fraction of sp³-hybridized carbons (Fsp3) is 0.0714. The van der Waals surface area contributed by atoms with Crippen LogP contribution in [0.3, 0.4) is 0 Å². The quantitative estimate of drug-likeness (QED) is 0.749. The van der Waals surface area contributed by atoms with Gasteiger partial charge in [-0.2, -0.15) is 0 Å². The minimum atomic E-state index is -0.250. The number of hydrogen-bond acceptors (Lipinski definition) is 2. The van der Waals surface area contributed by atoms with Gasteiger partial charge in [-0.15, -0.1) is 0 Å². The molecule has 0 fully saturated rings. The summed E-state index contributed by atoms with van der Waals surface area (Å²) in [6.45, 7) is 0. The van der Waals surface area contributed by atoms with Crippen molar-refractivity contribution < 1.29 is 9.53 Å². The molecule has 2 aromatic rings. The lowest BCUT2D eigenvalue weighted by molar-refractivity contribution is 0.102. The van der Waals surface area contributed by atoms with Crippen LogP contribution in [0.25, 0.3) is 0 Å². The summed E-state index contributed by atoms with van der Waals surface area (Å²) in [6.07, 6.45) is 0. The number of hydrogen-bond donors (Lipinski definition) is 1. The predicted octanol–water partition coefficient (Wildman–Crippen LogP) is 5.13. The summed E-state index contributed by atoms with van der Waals surface area (Å²) >= 11 is 12.6. The van der Waals surface area contributed by atoms with E-state index in [2.05, 4.69) is 37.2 Å². The highest BCUT2D eigenvalue weighted by atomic mass is 79.9. The number of ether oxygens (including phenoxy) is 1. The lowest BCUT2D eigenvalue weighted by Crippen LogP contribution is -2.12. The van der Waals surface area contributed by atoms with Crippen LogP contribution in [0.1, 0.15) is 10.4 Å². The SMILES string of the molecule is COc1cc(Br)cc(NC(=O)c2cc(Cl)ccc2Br)c1. The van der Waals surface area contributed by atoms with Gasteiger partial charge in [0.2, 0.25) is 0 Å². The highest BCUT2D eigenvalue weighted by molar-refractivity contribution is 9.10. The second-order valence-electron chi connectivity index (χ2n) is 3.96. The van der Waals surface area contributed by atoms with Crippen molar-refractivity contribution in [1.82, 2.24) is 0 Å². The molecule has 0 aliphatic rings. The van der Waals surface area contributed by atoms with Gasteiger partial charge < -0.3 is 10.1 Å². The van der Waals surface area contributed by atoms with Crippen LogP contribution in [0.4, 0.5) is 5.69 Å². The number of carbonyl (C=O) groups excluding carboxylic acids is 1. The van der Waals surface area contributed by atoms with E-state index in [9.17, 15) is 4.79 Å². The summed E-state index contributed by atoms with van der Waals surface area (Å²) in [6, 6.07) is 10.4. The van der Waals surface area contributed by atoms with Crippen LogP contribution >= 0.6 is 43.5 Å². The summed E-state index contributed by atoms with van der Waals surface area (Å²) in [5, 5.41) is 3.31. The molecule has 0 unspecified atom stereocenters. The normalized spacial score (nSPS) is 10.2. The van der Waals surface area contributed by atoms with Crippen molar-refractivity contribution in [2.24, 2.45) is 0 Å². The Hall–Kier alpha value is -1.04. The van der Waals surface area contributed by atoms with E-state index in [0.717, 1.165) is 4.47 Å². The molecule has 0 aliphatic carbocycles. The van der Waals surface area contributed by atoms with E-state index >= 15 is 0 Å². The molecule has 0 heterocycles. The van der Waals surface area contributed by atoms with Gasteiger partial charge in [0.05, 0.1) is 12.7 Å². The summed E-state index contributed by atoms with van der Waals surface area (Å²) in [5.41, 5.74) is 1.10. The van der Waals surface area contributed by atoms with E-state index < -0.39 is 0 Å². The highest BCUT2D eigenvalue weighted by Crippen LogP contribution is 2.26. The smallest absolute Gasteiger partial charge is 0.256 e. The molecule has 1 N–H and O–H groups in total. The highest BCUT2D eigenvalue weighted by Gasteiger charge is 2.12. The zero-order valence-corrected chi connectivity index (χ0v) is 14.3. The summed E-state index contributed by atoms with van der Waals surface area (Å²) in [4.78, 5) is 12.2. The largest absolute Gasteiger partial charge is 0.497 e. The zero-order chi connectivity index (χ0) is 14.7. The van der Waals surface area contributed by atoms with Crippen LogP contribution in [0.15, 0.2) is 45.3 Å². The Morgan fingerprint density at radius 2 is 1.95 bits per heavy atom. The molecule has 0 radical (unpaired) electrons. The lowest BCUT2D eigenvalue weighted by atomic mass is 10.2. The van der Waals surface area contributed by atoms with Crippen LogP contribution in [0.2, 0.25) is 5.02 Å². The molecule has 0 bridgehead atoms. The number of halogens is 3. The number of benzene rings is 2. The summed E-state index contributed by atoms with van der Waals surface area (Å²) < 4.78 is 6.65. The van der Waals surface area contributed by atoms with Gasteiger partial charge in [0.25, 0.3) is 5.91 Å². The van der Waals surface area contributed by atoms with E-state index in [1.165, 1.54) is 0 Å². The van der Waals surface area contributed by atoms with Crippen molar-refractivity contribution in [2.75, 3.05) is 12.4 Å². The number of anilines is 1. The Kier molecular flexibility index (Phi) is 5.07. The molecule has 104 valence electrons. The monoisotopic (exact) mass is 417 g/mol. The van der Waals surface area contributed by atoms with Gasteiger partial charge in [0.1, 0.15) is 5.75 Å². The maximum Gasteiger partial charge on any atom is 0.256 e. The Morgan fingerprint density at radius 1 is 1.20 bits per heavy atom. The van der Waals surface area contributed by atoms with Gasteiger partial charge in [-0.3, -0.25) is 4.79 Å². The van der Waals surface area contributed by atoms with Crippen LogP contribution in [-0.2, 0) is 0 Å². The molecule has 2 aromatic carbocycles. The average Bonchev–Trinajstić information content (AvgIpc) is 2.40. The second-order valence-corrected chi connectivity index (χ2v) is 6.16.